The summed E-state index contributed by atoms with van der Waals surface area (Å²) in [6, 6.07) is 0. The smallest absolute Gasteiger partial charge is 0.0413 e. The van der Waals surface area contributed by atoms with Gasteiger partial charge in [-0.05, 0) is 46.5 Å². The summed E-state index contributed by atoms with van der Waals surface area (Å²) < 4.78 is 0. The lowest BCUT2D eigenvalue weighted by Gasteiger charge is -2.51. The van der Waals surface area contributed by atoms with Gasteiger partial charge in [0.05, 0.1) is 0 Å². The van der Waals surface area contributed by atoms with Crippen LogP contribution in [-0.4, -0.2) is 21.3 Å². The second-order valence-corrected chi connectivity index (χ2v) is 6.71. The number of nitrogens with zero attached hydrogens (tertiary/aromatic N) is 1. The third-order valence-electron chi connectivity index (χ3n) is 3.42. The molecule has 2 heteroatoms. The molecule has 1 aliphatic rings. The predicted molar refractivity (Wildman–Crippen MR) is 75.4 cm³/mol. The van der Waals surface area contributed by atoms with Crippen LogP contribution >= 0.6 is 0 Å². The van der Waals surface area contributed by atoms with Crippen molar-refractivity contribution < 1.29 is 5.21 Å². The topological polar surface area (TPSA) is 23.5 Å². The Hall–Kier alpha value is -0.0800. The first-order valence-corrected chi connectivity index (χ1v) is 7.20. The fourth-order valence-electron chi connectivity index (χ4n) is 3.09. The van der Waals surface area contributed by atoms with Gasteiger partial charge < -0.3 is 5.21 Å². The number of rotatable bonds is 2. The van der Waals surface area contributed by atoms with Gasteiger partial charge in [0.1, 0.15) is 0 Å². The molecule has 0 amide bonds. The van der Waals surface area contributed by atoms with Crippen LogP contribution in [-0.2, 0) is 0 Å². The van der Waals surface area contributed by atoms with Crippen LogP contribution in [0.1, 0.15) is 80.6 Å². The van der Waals surface area contributed by atoms with E-state index >= 15 is 0 Å². The number of hydroxylamine groups is 2. The van der Waals surface area contributed by atoms with E-state index in [1.54, 1.807) is 5.06 Å². The average molecular weight is 243 g/mol. The zero-order valence-corrected chi connectivity index (χ0v) is 13.0. The Labute approximate surface area is 108 Å². The summed E-state index contributed by atoms with van der Waals surface area (Å²) in [5.74, 6) is 0.772. The van der Waals surface area contributed by atoms with Crippen LogP contribution in [0.2, 0.25) is 0 Å². The van der Waals surface area contributed by atoms with Gasteiger partial charge >= 0.3 is 0 Å². The van der Waals surface area contributed by atoms with Crippen molar-refractivity contribution in [1.29, 1.82) is 0 Å². The van der Waals surface area contributed by atoms with E-state index in [9.17, 15) is 5.21 Å². The molecule has 0 bridgehead atoms. The molecule has 17 heavy (non-hydrogen) atoms. The quantitative estimate of drug-likeness (QED) is 0.748. The summed E-state index contributed by atoms with van der Waals surface area (Å²) in [6.45, 7) is 15.0. The maximum atomic E-state index is 10.1. The lowest BCUT2D eigenvalue weighted by atomic mass is 9.74. The lowest BCUT2D eigenvalue weighted by molar-refractivity contribution is -0.251. The summed E-state index contributed by atoms with van der Waals surface area (Å²) in [5.41, 5.74) is -0.136. The van der Waals surface area contributed by atoms with Gasteiger partial charge in [-0.3, -0.25) is 0 Å². The van der Waals surface area contributed by atoms with Gasteiger partial charge in [0.15, 0.2) is 0 Å². The zero-order chi connectivity index (χ0) is 13.7. The Bertz CT molecular complexity index is 193. The Kier molecular flexibility index (Phi) is 6.71. The van der Waals surface area contributed by atoms with E-state index < -0.39 is 0 Å². The van der Waals surface area contributed by atoms with Gasteiger partial charge in [-0.1, -0.05) is 40.0 Å². The van der Waals surface area contributed by atoms with E-state index in [2.05, 4.69) is 48.5 Å². The number of hydrogen-bond donors (Lipinski definition) is 1. The summed E-state index contributed by atoms with van der Waals surface area (Å²) in [6.07, 6.45) is 6.02. The van der Waals surface area contributed by atoms with E-state index in [4.69, 9.17) is 0 Å². The highest BCUT2D eigenvalue weighted by Gasteiger charge is 2.44. The van der Waals surface area contributed by atoms with Crippen molar-refractivity contribution in [1.82, 2.24) is 5.06 Å². The average Bonchev–Trinajstić information content (AvgIpc) is 2.15. The van der Waals surface area contributed by atoms with Crippen molar-refractivity contribution in [2.24, 2.45) is 5.92 Å². The molecule has 0 saturated carbocycles. The highest BCUT2D eigenvalue weighted by atomic mass is 16.5. The summed E-state index contributed by atoms with van der Waals surface area (Å²) in [4.78, 5) is 0. The first-order valence-electron chi connectivity index (χ1n) is 7.20. The molecule has 0 unspecified atom stereocenters. The Morgan fingerprint density at radius 2 is 1.35 bits per heavy atom. The van der Waals surface area contributed by atoms with Gasteiger partial charge in [-0.2, -0.15) is 5.06 Å². The zero-order valence-electron chi connectivity index (χ0n) is 13.0. The van der Waals surface area contributed by atoms with Gasteiger partial charge in [0, 0.05) is 11.1 Å². The molecule has 2 nitrogen and oxygen atoms in total. The first-order chi connectivity index (χ1) is 7.71. The van der Waals surface area contributed by atoms with E-state index in [1.165, 1.54) is 19.3 Å². The minimum atomic E-state index is -0.0679. The fourth-order valence-corrected chi connectivity index (χ4v) is 3.09. The van der Waals surface area contributed by atoms with Crippen LogP contribution < -0.4 is 0 Å². The van der Waals surface area contributed by atoms with Crippen molar-refractivity contribution in [3.05, 3.63) is 0 Å². The number of hydrogen-bond acceptors (Lipinski definition) is 2. The molecule has 1 heterocycles. The third kappa shape index (κ3) is 4.97. The molecule has 0 radical (unpaired) electrons. The molecule has 1 N–H and O–H groups in total. The Morgan fingerprint density at radius 3 is 1.65 bits per heavy atom. The molecule has 1 fully saturated rings. The van der Waals surface area contributed by atoms with E-state index in [0.717, 1.165) is 18.8 Å². The van der Waals surface area contributed by atoms with Crippen LogP contribution in [0.5, 0.6) is 0 Å². The monoisotopic (exact) mass is 243 g/mol. The normalized spacial score (nSPS) is 24.0. The van der Waals surface area contributed by atoms with E-state index in [-0.39, 0.29) is 11.1 Å². The van der Waals surface area contributed by atoms with E-state index in [1.807, 2.05) is 0 Å². The second-order valence-electron chi connectivity index (χ2n) is 6.71. The predicted octanol–water partition coefficient (Wildman–Crippen LogP) is 4.86. The Balaban J connectivity index is 0.000000770. The van der Waals surface area contributed by atoms with Gasteiger partial charge in [0.25, 0.3) is 0 Å². The molecular weight excluding hydrogens is 210 g/mol. The van der Waals surface area contributed by atoms with Crippen LogP contribution in [0, 0.1) is 5.92 Å². The van der Waals surface area contributed by atoms with Crippen molar-refractivity contribution >= 4 is 0 Å². The molecule has 0 aromatic rings. The minimum Gasteiger partial charge on any atom is -0.313 e. The SMILES string of the molecule is CCC.CCCC1CC(C)(C)N(O)C(C)(C)C1. The molecule has 1 rings (SSSR count). The molecule has 0 spiro atoms. The molecule has 0 atom stereocenters. The Morgan fingerprint density at radius 1 is 1.00 bits per heavy atom. The van der Waals surface area contributed by atoms with Gasteiger partial charge in [-0.25, -0.2) is 0 Å². The minimum absolute atomic E-state index is 0.0679. The molecule has 1 aliphatic heterocycles. The van der Waals surface area contributed by atoms with E-state index in [0.29, 0.717) is 0 Å². The molecule has 104 valence electrons. The van der Waals surface area contributed by atoms with Crippen molar-refractivity contribution in [2.75, 3.05) is 0 Å². The van der Waals surface area contributed by atoms with Crippen LogP contribution in [0.15, 0.2) is 0 Å². The molecule has 1 saturated heterocycles. The summed E-state index contributed by atoms with van der Waals surface area (Å²) in [5, 5.41) is 11.6. The molecular formula is C15H33NO. The third-order valence-corrected chi connectivity index (χ3v) is 3.42. The lowest BCUT2D eigenvalue weighted by Crippen LogP contribution is -2.58. The summed E-state index contributed by atoms with van der Waals surface area (Å²) >= 11 is 0. The van der Waals surface area contributed by atoms with Crippen LogP contribution in [0.3, 0.4) is 0 Å². The standard InChI is InChI=1S/C12H25NO.C3H8/c1-6-7-10-8-11(2,3)13(14)12(4,5)9-10;1-3-2/h10,14H,6-9H2,1-5H3;3H2,1-2H3. The van der Waals surface area contributed by atoms with Crippen LogP contribution in [0.4, 0.5) is 0 Å². The summed E-state index contributed by atoms with van der Waals surface area (Å²) in [7, 11) is 0. The van der Waals surface area contributed by atoms with Crippen LogP contribution in [0.25, 0.3) is 0 Å². The van der Waals surface area contributed by atoms with Gasteiger partial charge in [0.2, 0.25) is 0 Å². The largest absolute Gasteiger partial charge is 0.313 e. The maximum absolute atomic E-state index is 10.1. The number of piperidine rings is 1. The molecule has 0 aromatic carbocycles. The maximum Gasteiger partial charge on any atom is 0.0413 e. The second kappa shape index (κ2) is 6.75. The highest BCUT2D eigenvalue weighted by molar-refractivity contribution is 4.95. The van der Waals surface area contributed by atoms with Crippen molar-refractivity contribution in [3.63, 3.8) is 0 Å². The van der Waals surface area contributed by atoms with Gasteiger partial charge in [-0.15, -0.1) is 0 Å². The first kappa shape index (κ1) is 16.9. The highest BCUT2D eigenvalue weighted by Crippen LogP contribution is 2.41. The van der Waals surface area contributed by atoms with Crippen molar-refractivity contribution in [3.8, 4) is 0 Å². The molecule has 0 aromatic heterocycles. The fraction of sp³-hybridized carbons (Fsp3) is 1.00. The molecule has 0 aliphatic carbocycles. The van der Waals surface area contributed by atoms with Crippen molar-refractivity contribution in [2.45, 2.75) is 91.6 Å².